The number of carbonyl (C=O) groups is 1. The maximum Gasteiger partial charge on any atom is 0.354 e. The molecule has 1 aliphatic rings. The van der Waals surface area contributed by atoms with Gasteiger partial charge in [0, 0.05) is 19.6 Å². The van der Waals surface area contributed by atoms with Crippen LogP contribution in [-0.2, 0) is 11.3 Å². The fourth-order valence-corrected chi connectivity index (χ4v) is 2.29. The molecule has 0 spiro atoms. The second-order valence-electron chi connectivity index (χ2n) is 4.76. The van der Waals surface area contributed by atoms with E-state index in [0.29, 0.717) is 18.8 Å². The van der Waals surface area contributed by atoms with Crippen molar-refractivity contribution in [2.75, 3.05) is 19.7 Å². The molecule has 19 heavy (non-hydrogen) atoms. The molecule has 0 radical (unpaired) electrons. The predicted octanol–water partition coefficient (Wildman–Crippen LogP) is 0.361. The second kappa shape index (κ2) is 6.10. The van der Waals surface area contributed by atoms with Crippen molar-refractivity contribution in [1.82, 2.24) is 9.88 Å². The van der Waals surface area contributed by atoms with Crippen molar-refractivity contribution < 1.29 is 19.7 Å². The minimum absolute atomic E-state index is 0.0105. The van der Waals surface area contributed by atoms with Crippen LogP contribution in [0.15, 0.2) is 18.2 Å². The van der Waals surface area contributed by atoms with Gasteiger partial charge in [-0.1, -0.05) is 6.07 Å². The van der Waals surface area contributed by atoms with E-state index < -0.39 is 5.97 Å². The number of aliphatic hydroxyl groups is 1. The number of aromatic nitrogens is 1. The van der Waals surface area contributed by atoms with Crippen molar-refractivity contribution in [2.45, 2.75) is 25.7 Å². The second-order valence-corrected chi connectivity index (χ2v) is 4.76. The SMILES string of the molecule is CC1CN(Cc2cccc(C(=O)O)n2)CC(CO)O1. The van der Waals surface area contributed by atoms with E-state index in [1.165, 1.54) is 6.07 Å². The van der Waals surface area contributed by atoms with Gasteiger partial charge in [0.05, 0.1) is 24.5 Å². The summed E-state index contributed by atoms with van der Waals surface area (Å²) < 4.78 is 5.56. The van der Waals surface area contributed by atoms with E-state index in [2.05, 4.69) is 9.88 Å². The molecule has 6 heteroatoms. The fourth-order valence-electron chi connectivity index (χ4n) is 2.29. The number of carboxylic acids is 1. The number of aromatic carboxylic acids is 1. The Hall–Kier alpha value is -1.50. The van der Waals surface area contributed by atoms with Gasteiger partial charge in [0.2, 0.25) is 0 Å². The summed E-state index contributed by atoms with van der Waals surface area (Å²) in [5.74, 6) is -1.02. The maximum atomic E-state index is 10.9. The molecule has 0 saturated carbocycles. The van der Waals surface area contributed by atoms with Gasteiger partial charge >= 0.3 is 5.97 Å². The van der Waals surface area contributed by atoms with Gasteiger partial charge in [-0.25, -0.2) is 9.78 Å². The zero-order valence-electron chi connectivity index (χ0n) is 10.8. The van der Waals surface area contributed by atoms with Gasteiger partial charge < -0.3 is 14.9 Å². The van der Waals surface area contributed by atoms with Crippen LogP contribution in [0.4, 0.5) is 0 Å². The quantitative estimate of drug-likeness (QED) is 0.819. The first-order valence-electron chi connectivity index (χ1n) is 6.26. The van der Waals surface area contributed by atoms with E-state index in [1.54, 1.807) is 12.1 Å². The third-order valence-electron chi connectivity index (χ3n) is 3.02. The highest BCUT2D eigenvalue weighted by Gasteiger charge is 2.24. The van der Waals surface area contributed by atoms with Gasteiger partial charge in [0.25, 0.3) is 0 Å². The third kappa shape index (κ3) is 3.73. The van der Waals surface area contributed by atoms with Crippen LogP contribution in [0.2, 0.25) is 0 Å². The lowest BCUT2D eigenvalue weighted by Crippen LogP contribution is -2.47. The summed E-state index contributed by atoms with van der Waals surface area (Å²) in [6.07, 6.45) is -0.139. The van der Waals surface area contributed by atoms with E-state index in [1.807, 2.05) is 6.92 Å². The molecule has 1 aromatic heterocycles. The molecule has 2 N–H and O–H groups in total. The fraction of sp³-hybridized carbons (Fsp3) is 0.538. The van der Waals surface area contributed by atoms with Gasteiger partial charge in [-0.15, -0.1) is 0 Å². The molecular weight excluding hydrogens is 248 g/mol. The lowest BCUT2D eigenvalue weighted by atomic mass is 10.2. The van der Waals surface area contributed by atoms with Crippen LogP contribution in [-0.4, -0.2) is 58.0 Å². The zero-order chi connectivity index (χ0) is 13.8. The van der Waals surface area contributed by atoms with Gasteiger partial charge in [0.1, 0.15) is 5.69 Å². The van der Waals surface area contributed by atoms with Crippen molar-refractivity contribution in [3.8, 4) is 0 Å². The van der Waals surface area contributed by atoms with Crippen LogP contribution < -0.4 is 0 Å². The first-order valence-corrected chi connectivity index (χ1v) is 6.26. The number of ether oxygens (including phenoxy) is 1. The van der Waals surface area contributed by atoms with Crippen molar-refractivity contribution in [2.24, 2.45) is 0 Å². The Balaban J connectivity index is 2.03. The first kappa shape index (κ1) is 13.9. The number of hydrogen-bond donors (Lipinski definition) is 2. The molecule has 1 aliphatic heterocycles. The number of aliphatic hydroxyl groups excluding tert-OH is 1. The molecule has 0 bridgehead atoms. The Morgan fingerprint density at radius 3 is 3.00 bits per heavy atom. The number of morpholine rings is 1. The van der Waals surface area contributed by atoms with E-state index in [4.69, 9.17) is 14.9 Å². The van der Waals surface area contributed by atoms with Crippen LogP contribution in [0.3, 0.4) is 0 Å². The largest absolute Gasteiger partial charge is 0.477 e. The Morgan fingerprint density at radius 1 is 1.53 bits per heavy atom. The highest BCUT2D eigenvalue weighted by Crippen LogP contribution is 2.13. The third-order valence-corrected chi connectivity index (χ3v) is 3.02. The molecule has 6 nitrogen and oxygen atoms in total. The number of hydrogen-bond acceptors (Lipinski definition) is 5. The Morgan fingerprint density at radius 2 is 2.32 bits per heavy atom. The smallest absolute Gasteiger partial charge is 0.354 e. The lowest BCUT2D eigenvalue weighted by Gasteiger charge is -2.35. The molecule has 1 aromatic rings. The molecule has 0 aromatic carbocycles. The van der Waals surface area contributed by atoms with Crippen LogP contribution in [0.1, 0.15) is 23.1 Å². The van der Waals surface area contributed by atoms with Gasteiger partial charge in [-0.3, -0.25) is 4.90 Å². The number of rotatable bonds is 4. The van der Waals surface area contributed by atoms with Gasteiger partial charge in [-0.05, 0) is 19.1 Å². The minimum atomic E-state index is -1.02. The topological polar surface area (TPSA) is 82.9 Å². The molecule has 104 valence electrons. The zero-order valence-corrected chi connectivity index (χ0v) is 10.8. The van der Waals surface area contributed by atoms with Gasteiger partial charge in [-0.2, -0.15) is 0 Å². The first-order chi connectivity index (χ1) is 9.08. The molecular formula is C13H18N2O4. The number of carboxylic acid groups (broad SMARTS) is 1. The highest BCUT2D eigenvalue weighted by molar-refractivity contribution is 5.85. The molecule has 0 aliphatic carbocycles. The van der Waals surface area contributed by atoms with Crippen LogP contribution in [0.25, 0.3) is 0 Å². The maximum absolute atomic E-state index is 10.9. The Kier molecular flexibility index (Phi) is 4.47. The highest BCUT2D eigenvalue weighted by atomic mass is 16.5. The molecule has 1 fully saturated rings. The molecule has 2 heterocycles. The normalized spacial score (nSPS) is 24.3. The average Bonchev–Trinajstić information content (AvgIpc) is 2.38. The molecule has 2 atom stereocenters. The monoisotopic (exact) mass is 266 g/mol. The number of pyridine rings is 1. The Bertz CT molecular complexity index is 452. The lowest BCUT2D eigenvalue weighted by molar-refractivity contribution is -0.0974. The molecule has 2 unspecified atom stereocenters. The van der Waals surface area contributed by atoms with Crippen molar-refractivity contribution in [3.63, 3.8) is 0 Å². The van der Waals surface area contributed by atoms with Crippen LogP contribution in [0, 0.1) is 0 Å². The predicted molar refractivity (Wildman–Crippen MR) is 67.9 cm³/mol. The Labute approximate surface area is 111 Å². The van der Waals surface area contributed by atoms with E-state index in [0.717, 1.165) is 6.54 Å². The van der Waals surface area contributed by atoms with Gasteiger partial charge in [0.15, 0.2) is 0 Å². The van der Waals surface area contributed by atoms with Crippen LogP contribution >= 0.6 is 0 Å². The summed E-state index contributed by atoms with van der Waals surface area (Å²) in [6.45, 7) is 3.87. The molecule has 2 rings (SSSR count). The summed E-state index contributed by atoms with van der Waals surface area (Å²) in [7, 11) is 0. The summed E-state index contributed by atoms with van der Waals surface area (Å²) in [5, 5.41) is 18.1. The molecule has 1 saturated heterocycles. The van der Waals surface area contributed by atoms with E-state index in [-0.39, 0.29) is 24.5 Å². The summed E-state index contributed by atoms with van der Waals surface area (Å²) >= 11 is 0. The van der Waals surface area contributed by atoms with E-state index >= 15 is 0 Å². The van der Waals surface area contributed by atoms with Crippen LogP contribution in [0.5, 0.6) is 0 Å². The standard InChI is InChI=1S/C13H18N2O4/c1-9-5-15(7-11(8-16)19-9)6-10-3-2-4-12(14-10)13(17)18/h2-4,9,11,16H,5-8H2,1H3,(H,17,18). The molecule has 0 amide bonds. The number of nitrogens with zero attached hydrogens (tertiary/aromatic N) is 2. The van der Waals surface area contributed by atoms with Crippen molar-refractivity contribution >= 4 is 5.97 Å². The van der Waals surface area contributed by atoms with Crippen molar-refractivity contribution in [3.05, 3.63) is 29.6 Å². The summed E-state index contributed by atoms with van der Waals surface area (Å²) in [6, 6.07) is 4.98. The minimum Gasteiger partial charge on any atom is -0.477 e. The summed E-state index contributed by atoms with van der Waals surface area (Å²) in [5.41, 5.74) is 0.767. The average molecular weight is 266 g/mol. The van der Waals surface area contributed by atoms with Crippen molar-refractivity contribution in [1.29, 1.82) is 0 Å². The summed E-state index contributed by atoms with van der Waals surface area (Å²) in [4.78, 5) is 17.1. The van der Waals surface area contributed by atoms with E-state index in [9.17, 15) is 4.79 Å².